The highest BCUT2D eigenvalue weighted by molar-refractivity contribution is 5.96. The highest BCUT2D eigenvalue weighted by Crippen LogP contribution is 2.28. The second-order valence-corrected chi connectivity index (χ2v) is 3.49. The van der Waals surface area contributed by atoms with Gasteiger partial charge in [0.25, 0.3) is 5.69 Å². The number of nitro groups is 1. The Morgan fingerprint density at radius 2 is 2.18 bits per heavy atom. The van der Waals surface area contributed by atoms with Crippen molar-refractivity contribution in [2.45, 2.75) is 0 Å². The highest BCUT2D eigenvalue weighted by atomic mass is 16.6. The first-order valence-corrected chi connectivity index (χ1v) is 5.12. The first-order chi connectivity index (χ1) is 8.24. The molecular formula is C12H11N3O2. The molecule has 0 amide bonds. The van der Waals surface area contributed by atoms with Gasteiger partial charge in [-0.1, -0.05) is 12.2 Å². The Morgan fingerprint density at radius 1 is 1.35 bits per heavy atom. The van der Waals surface area contributed by atoms with Gasteiger partial charge in [0, 0.05) is 25.0 Å². The fourth-order valence-electron chi connectivity index (χ4n) is 1.70. The molecule has 1 aromatic heterocycles. The Morgan fingerprint density at radius 3 is 2.88 bits per heavy atom. The molecule has 0 unspecified atom stereocenters. The zero-order valence-electron chi connectivity index (χ0n) is 9.04. The van der Waals surface area contributed by atoms with Gasteiger partial charge >= 0.3 is 0 Å². The zero-order chi connectivity index (χ0) is 12.3. The van der Waals surface area contributed by atoms with Crippen LogP contribution in [0.2, 0.25) is 0 Å². The lowest BCUT2D eigenvalue weighted by Crippen LogP contribution is -1.93. The molecule has 1 heterocycles. The van der Waals surface area contributed by atoms with Crippen molar-refractivity contribution in [3.05, 3.63) is 52.3 Å². The van der Waals surface area contributed by atoms with Crippen molar-refractivity contribution in [3.63, 3.8) is 0 Å². The van der Waals surface area contributed by atoms with Crippen LogP contribution in [0.25, 0.3) is 16.8 Å². The Hall–Kier alpha value is -2.27. The Balaban J connectivity index is 2.70. The summed E-state index contributed by atoms with van der Waals surface area (Å²) in [6, 6.07) is 4.96. The van der Waals surface area contributed by atoms with Crippen molar-refractivity contribution in [2.24, 2.45) is 5.73 Å². The van der Waals surface area contributed by atoms with E-state index in [2.05, 4.69) is 4.98 Å². The SMILES string of the molecule is NCC=Cc1ccc([N+](=O)[O-])c2cnccc12. The van der Waals surface area contributed by atoms with Gasteiger partial charge in [-0.05, 0) is 23.1 Å². The highest BCUT2D eigenvalue weighted by Gasteiger charge is 2.12. The van der Waals surface area contributed by atoms with E-state index in [1.807, 2.05) is 6.08 Å². The molecule has 0 atom stereocenters. The van der Waals surface area contributed by atoms with Crippen LogP contribution in [-0.4, -0.2) is 16.5 Å². The number of nitro benzene ring substituents is 1. The van der Waals surface area contributed by atoms with Crippen LogP contribution >= 0.6 is 0 Å². The predicted molar refractivity (Wildman–Crippen MR) is 66.5 cm³/mol. The molecule has 1 aromatic carbocycles. The summed E-state index contributed by atoms with van der Waals surface area (Å²) < 4.78 is 0. The van der Waals surface area contributed by atoms with Crippen molar-refractivity contribution in [1.29, 1.82) is 0 Å². The number of pyridine rings is 1. The maximum Gasteiger partial charge on any atom is 0.278 e. The molecule has 86 valence electrons. The molecule has 2 N–H and O–H groups in total. The van der Waals surface area contributed by atoms with Crippen molar-refractivity contribution < 1.29 is 4.92 Å². The maximum atomic E-state index is 10.9. The smallest absolute Gasteiger partial charge is 0.278 e. The molecule has 0 fully saturated rings. The lowest BCUT2D eigenvalue weighted by atomic mass is 10.0. The first-order valence-electron chi connectivity index (χ1n) is 5.12. The lowest BCUT2D eigenvalue weighted by Gasteiger charge is -2.02. The number of aromatic nitrogens is 1. The molecule has 17 heavy (non-hydrogen) atoms. The van der Waals surface area contributed by atoms with Crippen molar-refractivity contribution in [2.75, 3.05) is 6.54 Å². The number of nitrogens with two attached hydrogens (primary N) is 1. The fraction of sp³-hybridized carbons (Fsp3) is 0.0833. The van der Waals surface area contributed by atoms with Crippen molar-refractivity contribution in [1.82, 2.24) is 4.98 Å². The Labute approximate surface area is 97.7 Å². The van der Waals surface area contributed by atoms with Crippen LogP contribution in [0.4, 0.5) is 5.69 Å². The van der Waals surface area contributed by atoms with Crippen LogP contribution in [0, 0.1) is 10.1 Å². The second-order valence-electron chi connectivity index (χ2n) is 3.49. The van der Waals surface area contributed by atoms with E-state index < -0.39 is 4.92 Å². The van der Waals surface area contributed by atoms with Crippen molar-refractivity contribution >= 4 is 22.5 Å². The maximum absolute atomic E-state index is 10.9. The van der Waals surface area contributed by atoms with Crippen LogP contribution in [0.1, 0.15) is 5.56 Å². The summed E-state index contributed by atoms with van der Waals surface area (Å²) in [5.74, 6) is 0. The number of benzene rings is 1. The summed E-state index contributed by atoms with van der Waals surface area (Å²) in [5.41, 5.74) is 6.36. The van der Waals surface area contributed by atoms with Crippen LogP contribution in [-0.2, 0) is 0 Å². The summed E-state index contributed by atoms with van der Waals surface area (Å²) in [5, 5.41) is 12.2. The van der Waals surface area contributed by atoms with Gasteiger partial charge in [-0.3, -0.25) is 15.1 Å². The van der Waals surface area contributed by atoms with Gasteiger partial charge in [0.2, 0.25) is 0 Å². The molecule has 0 saturated carbocycles. The fourth-order valence-corrected chi connectivity index (χ4v) is 1.70. The standard InChI is InChI=1S/C12H11N3O2/c13-6-1-2-9-3-4-12(15(16)17)11-8-14-7-5-10(9)11/h1-5,7-8H,6,13H2. The lowest BCUT2D eigenvalue weighted by molar-refractivity contribution is -0.383. The van der Waals surface area contributed by atoms with E-state index in [0.29, 0.717) is 11.9 Å². The molecular weight excluding hydrogens is 218 g/mol. The third-order valence-electron chi connectivity index (χ3n) is 2.46. The third-order valence-corrected chi connectivity index (χ3v) is 2.46. The predicted octanol–water partition coefficient (Wildman–Crippen LogP) is 2.11. The third kappa shape index (κ3) is 2.14. The molecule has 2 rings (SSSR count). The molecule has 5 nitrogen and oxygen atoms in total. The number of rotatable bonds is 3. The van der Waals surface area contributed by atoms with Gasteiger partial charge in [0.1, 0.15) is 0 Å². The van der Waals surface area contributed by atoms with E-state index in [4.69, 9.17) is 5.73 Å². The molecule has 0 radical (unpaired) electrons. The zero-order valence-corrected chi connectivity index (χ0v) is 9.04. The molecule has 0 aliphatic rings. The van der Waals surface area contributed by atoms with E-state index in [0.717, 1.165) is 10.9 Å². The van der Waals surface area contributed by atoms with Gasteiger partial charge in [0.05, 0.1) is 10.3 Å². The summed E-state index contributed by atoms with van der Waals surface area (Å²) >= 11 is 0. The molecule has 5 heteroatoms. The number of non-ortho nitro benzene ring substituents is 1. The minimum atomic E-state index is -0.402. The Bertz CT molecular complexity index is 593. The topological polar surface area (TPSA) is 82.0 Å². The van der Waals surface area contributed by atoms with Crippen LogP contribution < -0.4 is 5.73 Å². The minimum absolute atomic E-state index is 0.0676. The first kappa shape index (κ1) is 11.2. The minimum Gasteiger partial charge on any atom is -0.327 e. The molecule has 0 aliphatic carbocycles. The van der Waals surface area contributed by atoms with Crippen molar-refractivity contribution in [3.8, 4) is 0 Å². The largest absolute Gasteiger partial charge is 0.327 e. The van der Waals surface area contributed by atoms with Crippen LogP contribution in [0.15, 0.2) is 36.7 Å². The Kier molecular flexibility index (Phi) is 3.11. The number of hydrogen-bond acceptors (Lipinski definition) is 4. The quantitative estimate of drug-likeness (QED) is 0.645. The summed E-state index contributed by atoms with van der Waals surface area (Å²) in [6.07, 6.45) is 6.78. The summed E-state index contributed by atoms with van der Waals surface area (Å²) in [7, 11) is 0. The average Bonchev–Trinajstić information content (AvgIpc) is 2.35. The summed E-state index contributed by atoms with van der Waals surface area (Å²) in [4.78, 5) is 14.4. The van der Waals surface area contributed by atoms with Crippen LogP contribution in [0.3, 0.4) is 0 Å². The summed E-state index contributed by atoms with van der Waals surface area (Å²) in [6.45, 7) is 0.434. The van der Waals surface area contributed by atoms with Gasteiger partial charge in [-0.15, -0.1) is 0 Å². The van der Waals surface area contributed by atoms with Gasteiger partial charge in [-0.25, -0.2) is 0 Å². The van der Waals surface area contributed by atoms with Gasteiger partial charge < -0.3 is 5.73 Å². The average molecular weight is 229 g/mol. The van der Waals surface area contributed by atoms with E-state index in [1.165, 1.54) is 12.3 Å². The number of nitrogens with zero attached hydrogens (tertiary/aromatic N) is 2. The number of hydrogen-bond donors (Lipinski definition) is 1. The van der Waals surface area contributed by atoms with Gasteiger partial charge in [-0.2, -0.15) is 0 Å². The van der Waals surface area contributed by atoms with E-state index in [1.54, 1.807) is 24.4 Å². The normalized spacial score (nSPS) is 11.1. The van der Waals surface area contributed by atoms with Gasteiger partial charge in [0.15, 0.2) is 0 Å². The molecule has 0 aliphatic heterocycles. The second kappa shape index (κ2) is 4.71. The monoisotopic (exact) mass is 229 g/mol. The molecule has 0 spiro atoms. The van der Waals surface area contributed by atoms with E-state index in [-0.39, 0.29) is 5.69 Å². The molecule has 0 bridgehead atoms. The molecule has 0 saturated heterocycles. The van der Waals surface area contributed by atoms with E-state index in [9.17, 15) is 10.1 Å². The number of fused-ring (bicyclic) bond motifs is 1. The van der Waals surface area contributed by atoms with Crippen LogP contribution in [0.5, 0.6) is 0 Å². The molecule has 2 aromatic rings. The van der Waals surface area contributed by atoms with E-state index >= 15 is 0 Å².